The first kappa shape index (κ1) is 10.1. The zero-order chi connectivity index (χ0) is 9.73. The molecule has 0 aromatic carbocycles. The first-order valence-corrected chi connectivity index (χ1v) is 4.60. The van der Waals surface area contributed by atoms with Crippen molar-refractivity contribution < 1.29 is 14.6 Å². The van der Waals surface area contributed by atoms with Gasteiger partial charge in [-0.25, -0.2) is 0 Å². The predicted octanol–water partition coefficient (Wildman–Crippen LogP) is 1.94. The monoisotopic (exact) mass is 184 g/mol. The number of rotatable bonds is 4. The second-order valence-corrected chi connectivity index (χ2v) is 2.94. The summed E-state index contributed by atoms with van der Waals surface area (Å²) in [5.41, 5.74) is 0. The SMILES string of the molecule is CCC=CC1(CC)OC=C(CO)O1. The average Bonchev–Trinajstić information content (AvgIpc) is 2.59. The molecule has 3 nitrogen and oxygen atoms in total. The summed E-state index contributed by atoms with van der Waals surface area (Å²) >= 11 is 0. The maximum Gasteiger partial charge on any atom is 0.270 e. The molecule has 0 amide bonds. The number of aliphatic hydroxyl groups excluding tert-OH is 1. The molecule has 0 saturated heterocycles. The van der Waals surface area contributed by atoms with E-state index in [1.54, 1.807) is 0 Å². The van der Waals surface area contributed by atoms with Crippen LogP contribution in [0.15, 0.2) is 24.2 Å². The average molecular weight is 184 g/mol. The highest BCUT2D eigenvalue weighted by Gasteiger charge is 2.33. The highest BCUT2D eigenvalue weighted by atomic mass is 16.7. The molecule has 74 valence electrons. The molecule has 1 atom stereocenters. The van der Waals surface area contributed by atoms with Gasteiger partial charge < -0.3 is 14.6 Å². The van der Waals surface area contributed by atoms with Crippen LogP contribution in [-0.4, -0.2) is 17.5 Å². The highest BCUT2D eigenvalue weighted by molar-refractivity contribution is 5.06. The van der Waals surface area contributed by atoms with Crippen molar-refractivity contribution in [3.05, 3.63) is 24.2 Å². The Morgan fingerprint density at radius 2 is 2.31 bits per heavy atom. The van der Waals surface area contributed by atoms with E-state index in [0.29, 0.717) is 5.76 Å². The molecular weight excluding hydrogens is 168 g/mol. The van der Waals surface area contributed by atoms with Gasteiger partial charge in [-0.1, -0.05) is 19.9 Å². The number of hydrogen-bond acceptors (Lipinski definition) is 3. The zero-order valence-corrected chi connectivity index (χ0v) is 8.12. The van der Waals surface area contributed by atoms with E-state index in [4.69, 9.17) is 14.6 Å². The van der Waals surface area contributed by atoms with Gasteiger partial charge in [0.15, 0.2) is 5.76 Å². The fourth-order valence-corrected chi connectivity index (χ4v) is 1.15. The molecule has 1 rings (SSSR count). The molecule has 0 saturated carbocycles. The molecule has 1 aliphatic rings. The van der Waals surface area contributed by atoms with Crippen LogP contribution in [0.25, 0.3) is 0 Å². The fraction of sp³-hybridized carbons (Fsp3) is 0.600. The van der Waals surface area contributed by atoms with Gasteiger partial charge in [-0.05, 0) is 12.5 Å². The van der Waals surface area contributed by atoms with E-state index in [0.717, 1.165) is 12.8 Å². The van der Waals surface area contributed by atoms with Crippen molar-refractivity contribution in [1.29, 1.82) is 0 Å². The summed E-state index contributed by atoms with van der Waals surface area (Å²) in [7, 11) is 0. The van der Waals surface area contributed by atoms with Crippen LogP contribution >= 0.6 is 0 Å². The number of ether oxygens (including phenoxy) is 2. The van der Waals surface area contributed by atoms with Crippen LogP contribution in [0, 0.1) is 0 Å². The molecule has 0 aromatic rings. The lowest BCUT2D eigenvalue weighted by atomic mass is 10.2. The van der Waals surface area contributed by atoms with Crippen molar-refractivity contribution in [2.24, 2.45) is 0 Å². The third-order valence-electron chi connectivity index (χ3n) is 1.95. The molecule has 0 radical (unpaired) electrons. The van der Waals surface area contributed by atoms with Crippen molar-refractivity contribution in [2.75, 3.05) is 6.61 Å². The summed E-state index contributed by atoms with van der Waals surface area (Å²) < 4.78 is 10.8. The number of aliphatic hydroxyl groups is 1. The van der Waals surface area contributed by atoms with Gasteiger partial charge in [-0.15, -0.1) is 0 Å². The van der Waals surface area contributed by atoms with Crippen LogP contribution in [0.3, 0.4) is 0 Å². The molecule has 1 heterocycles. The summed E-state index contributed by atoms with van der Waals surface area (Å²) in [5, 5.41) is 8.82. The van der Waals surface area contributed by atoms with E-state index in [1.165, 1.54) is 6.26 Å². The van der Waals surface area contributed by atoms with Crippen LogP contribution in [0.4, 0.5) is 0 Å². The molecule has 0 aliphatic carbocycles. The van der Waals surface area contributed by atoms with E-state index in [-0.39, 0.29) is 6.61 Å². The Bertz CT molecular complexity index is 220. The summed E-state index contributed by atoms with van der Waals surface area (Å²) in [4.78, 5) is 0. The highest BCUT2D eigenvalue weighted by Crippen LogP contribution is 2.29. The summed E-state index contributed by atoms with van der Waals surface area (Å²) in [6.07, 6.45) is 7.04. The van der Waals surface area contributed by atoms with Gasteiger partial charge >= 0.3 is 0 Å². The largest absolute Gasteiger partial charge is 0.453 e. The van der Waals surface area contributed by atoms with E-state index in [1.807, 2.05) is 19.1 Å². The Morgan fingerprint density at radius 1 is 1.54 bits per heavy atom. The third-order valence-corrected chi connectivity index (χ3v) is 1.95. The standard InChI is InChI=1S/C10H16O3/c1-3-5-6-10(4-2)12-8-9(7-11)13-10/h5-6,8,11H,3-4,7H2,1-2H3. The summed E-state index contributed by atoms with van der Waals surface area (Å²) in [6.45, 7) is 3.92. The molecule has 0 bridgehead atoms. The van der Waals surface area contributed by atoms with Gasteiger partial charge in [0.1, 0.15) is 12.9 Å². The van der Waals surface area contributed by atoms with Crippen LogP contribution in [0.5, 0.6) is 0 Å². The minimum Gasteiger partial charge on any atom is -0.453 e. The second kappa shape index (κ2) is 4.33. The van der Waals surface area contributed by atoms with E-state index in [2.05, 4.69) is 6.92 Å². The Morgan fingerprint density at radius 3 is 2.77 bits per heavy atom. The molecule has 0 aromatic heterocycles. The lowest BCUT2D eigenvalue weighted by molar-refractivity contribution is -0.112. The van der Waals surface area contributed by atoms with E-state index < -0.39 is 5.79 Å². The number of hydrogen-bond donors (Lipinski definition) is 1. The molecular formula is C10H16O3. The topological polar surface area (TPSA) is 38.7 Å². The van der Waals surface area contributed by atoms with Crippen LogP contribution in [-0.2, 0) is 9.47 Å². The normalized spacial score (nSPS) is 27.2. The molecule has 1 N–H and O–H groups in total. The molecule has 1 aliphatic heterocycles. The van der Waals surface area contributed by atoms with Gasteiger partial charge in [0.25, 0.3) is 5.79 Å². The van der Waals surface area contributed by atoms with Crippen molar-refractivity contribution >= 4 is 0 Å². The van der Waals surface area contributed by atoms with Crippen molar-refractivity contribution in [1.82, 2.24) is 0 Å². The zero-order valence-electron chi connectivity index (χ0n) is 8.12. The Labute approximate surface area is 78.7 Å². The fourth-order valence-electron chi connectivity index (χ4n) is 1.15. The summed E-state index contributed by atoms with van der Waals surface area (Å²) in [5.74, 6) is -0.184. The maximum atomic E-state index is 8.82. The van der Waals surface area contributed by atoms with E-state index in [9.17, 15) is 0 Å². The maximum absolute atomic E-state index is 8.82. The smallest absolute Gasteiger partial charge is 0.270 e. The minimum atomic E-state index is -0.673. The van der Waals surface area contributed by atoms with Gasteiger partial charge in [0.05, 0.1) is 0 Å². The predicted molar refractivity (Wildman–Crippen MR) is 49.8 cm³/mol. The van der Waals surface area contributed by atoms with Crippen LogP contribution < -0.4 is 0 Å². The molecule has 3 heteroatoms. The summed E-state index contributed by atoms with van der Waals surface area (Å²) in [6, 6.07) is 0. The molecule has 0 fully saturated rings. The lowest BCUT2D eigenvalue weighted by Crippen LogP contribution is -2.26. The van der Waals surface area contributed by atoms with Crippen molar-refractivity contribution in [3.8, 4) is 0 Å². The van der Waals surface area contributed by atoms with Crippen molar-refractivity contribution in [3.63, 3.8) is 0 Å². The Balaban J connectivity index is 2.61. The lowest BCUT2D eigenvalue weighted by Gasteiger charge is -2.23. The third kappa shape index (κ3) is 2.25. The quantitative estimate of drug-likeness (QED) is 0.678. The van der Waals surface area contributed by atoms with Crippen molar-refractivity contribution in [2.45, 2.75) is 32.5 Å². The van der Waals surface area contributed by atoms with Crippen LogP contribution in [0.1, 0.15) is 26.7 Å². The van der Waals surface area contributed by atoms with Gasteiger partial charge in [0, 0.05) is 6.42 Å². The van der Waals surface area contributed by atoms with Crippen LogP contribution in [0.2, 0.25) is 0 Å². The minimum absolute atomic E-state index is 0.109. The van der Waals surface area contributed by atoms with Gasteiger partial charge in [-0.3, -0.25) is 0 Å². The number of allylic oxidation sites excluding steroid dienone is 1. The second-order valence-electron chi connectivity index (χ2n) is 2.94. The Kier molecular flexibility index (Phi) is 3.37. The van der Waals surface area contributed by atoms with Gasteiger partial charge in [-0.2, -0.15) is 0 Å². The van der Waals surface area contributed by atoms with Gasteiger partial charge in [0.2, 0.25) is 0 Å². The first-order chi connectivity index (χ1) is 6.26. The molecule has 1 unspecified atom stereocenters. The molecule has 0 spiro atoms. The van der Waals surface area contributed by atoms with E-state index >= 15 is 0 Å². The Hall–Kier alpha value is -0.960. The first-order valence-electron chi connectivity index (χ1n) is 4.60. The molecule has 13 heavy (non-hydrogen) atoms.